The summed E-state index contributed by atoms with van der Waals surface area (Å²) < 4.78 is 3.24. The van der Waals surface area contributed by atoms with Gasteiger partial charge in [-0.05, 0) is 18.9 Å². The monoisotopic (exact) mass is 356 g/mol. The molecule has 7 heteroatoms. The molecule has 0 atom stereocenters. The Labute approximate surface area is 149 Å². The second kappa shape index (κ2) is 7.57. The van der Waals surface area contributed by atoms with Crippen LogP contribution in [0.5, 0.6) is 0 Å². The van der Waals surface area contributed by atoms with Crippen molar-refractivity contribution in [3.05, 3.63) is 68.9 Å². The molecule has 0 aliphatic rings. The third-order valence-corrected chi connectivity index (χ3v) is 4.94. The number of allylic oxidation sites excluding steroid dienone is 2. The van der Waals surface area contributed by atoms with Crippen LogP contribution in [0.1, 0.15) is 12.5 Å². The quantitative estimate of drug-likeness (QED) is 0.543. The van der Waals surface area contributed by atoms with Gasteiger partial charge < -0.3 is 4.57 Å². The van der Waals surface area contributed by atoms with E-state index in [-0.39, 0.29) is 0 Å². The van der Waals surface area contributed by atoms with Crippen LogP contribution < -0.4 is 11.2 Å². The van der Waals surface area contributed by atoms with Crippen molar-refractivity contribution in [1.29, 1.82) is 0 Å². The fourth-order valence-electron chi connectivity index (χ4n) is 2.61. The average Bonchev–Trinajstić information content (AvgIpc) is 2.98. The Balaban J connectivity index is 1.95. The van der Waals surface area contributed by atoms with Crippen molar-refractivity contribution in [3.63, 3.8) is 0 Å². The van der Waals surface area contributed by atoms with Gasteiger partial charge in [-0.2, -0.15) is 0 Å². The number of aromatic nitrogens is 4. The van der Waals surface area contributed by atoms with Crippen LogP contribution >= 0.6 is 11.8 Å². The number of aromatic amines is 1. The topological polar surface area (TPSA) is 72.7 Å². The van der Waals surface area contributed by atoms with E-state index in [9.17, 15) is 9.59 Å². The van der Waals surface area contributed by atoms with Crippen LogP contribution in [0.2, 0.25) is 0 Å². The molecule has 25 heavy (non-hydrogen) atoms. The van der Waals surface area contributed by atoms with E-state index in [2.05, 4.69) is 22.1 Å². The minimum Gasteiger partial charge on any atom is -0.309 e. The molecule has 0 saturated heterocycles. The fraction of sp³-hybridized carbons (Fsp3) is 0.278. The smallest absolute Gasteiger partial charge is 0.309 e. The third-order valence-electron chi connectivity index (χ3n) is 3.96. The zero-order valence-corrected chi connectivity index (χ0v) is 15.0. The van der Waals surface area contributed by atoms with E-state index in [1.54, 1.807) is 18.8 Å². The molecule has 0 spiro atoms. The maximum Gasteiger partial charge on any atom is 0.329 e. The number of hydrogen-bond donors (Lipinski definition) is 1. The Kier molecular flexibility index (Phi) is 5.23. The molecule has 2 heterocycles. The van der Waals surface area contributed by atoms with Crippen molar-refractivity contribution in [2.75, 3.05) is 5.75 Å². The highest BCUT2D eigenvalue weighted by Crippen LogP contribution is 2.22. The van der Waals surface area contributed by atoms with Crippen molar-refractivity contribution < 1.29 is 0 Å². The van der Waals surface area contributed by atoms with Gasteiger partial charge in [0, 0.05) is 19.3 Å². The standard InChI is InChI=1S/C18H20N4O2S/c1-3-4-11-22-14-15(21(2)17(24)20-16(14)23)19-18(22)25-12-10-13-8-6-5-7-9-13/h3-9H,10-12H2,1-2H3,(H,20,23,24). The van der Waals surface area contributed by atoms with E-state index in [1.165, 1.54) is 10.1 Å². The molecule has 6 nitrogen and oxygen atoms in total. The molecular weight excluding hydrogens is 336 g/mol. The average molecular weight is 356 g/mol. The first-order valence-electron chi connectivity index (χ1n) is 8.09. The molecule has 2 aromatic heterocycles. The van der Waals surface area contributed by atoms with Crippen LogP contribution in [0.3, 0.4) is 0 Å². The number of nitrogens with zero attached hydrogens (tertiary/aromatic N) is 3. The van der Waals surface area contributed by atoms with Gasteiger partial charge >= 0.3 is 5.69 Å². The summed E-state index contributed by atoms with van der Waals surface area (Å²) in [7, 11) is 1.62. The van der Waals surface area contributed by atoms with Gasteiger partial charge in [-0.1, -0.05) is 54.2 Å². The summed E-state index contributed by atoms with van der Waals surface area (Å²) in [6.45, 7) is 2.48. The fourth-order valence-corrected chi connectivity index (χ4v) is 3.60. The Morgan fingerprint density at radius 1 is 1.24 bits per heavy atom. The second-order valence-corrected chi connectivity index (χ2v) is 6.71. The van der Waals surface area contributed by atoms with Crippen molar-refractivity contribution >= 4 is 22.9 Å². The number of thioether (sulfide) groups is 1. The van der Waals surface area contributed by atoms with Gasteiger partial charge in [0.1, 0.15) is 0 Å². The maximum absolute atomic E-state index is 12.3. The molecule has 0 amide bonds. The van der Waals surface area contributed by atoms with Crippen LogP contribution in [0, 0.1) is 0 Å². The minimum absolute atomic E-state index is 0.398. The molecular formula is C18H20N4O2S. The highest BCUT2D eigenvalue weighted by atomic mass is 32.2. The van der Waals surface area contributed by atoms with Crippen LogP contribution in [-0.4, -0.2) is 24.9 Å². The highest BCUT2D eigenvalue weighted by molar-refractivity contribution is 7.99. The molecule has 0 saturated carbocycles. The van der Waals surface area contributed by atoms with Crippen molar-refractivity contribution in [1.82, 2.24) is 19.1 Å². The van der Waals surface area contributed by atoms with Gasteiger partial charge in [0.15, 0.2) is 16.3 Å². The first kappa shape index (κ1) is 17.3. The third kappa shape index (κ3) is 3.61. The molecule has 3 aromatic rings. The van der Waals surface area contributed by atoms with E-state index >= 15 is 0 Å². The van der Waals surface area contributed by atoms with Crippen molar-refractivity contribution in [3.8, 4) is 0 Å². The van der Waals surface area contributed by atoms with Gasteiger partial charge in [0.05, 0.1) is 0 Å². The van der Waals surface area contributed by atoms with Crippen LogP contribution in [0.4, 0.5) is 0 Å². The summed E-state index contributed by atoms with van der Waals surface area (Å²) in [6, 6.07) is 10.2. The Morgan fingerprint density at radius 2 is 2.00 bits per heavy atom. The largest absolute Gasteiger partial charge is 0.329 e. The second-order valence-electron chi connectivity index (χ2n) is 5.65. The summed E-state index contributed by atoms with van der Waals surface area (Å²) in [5.41, 5.74) is 1.26. The summed E-state index contributed by atoms with van der Waals surface area (Å²) in [5.74, 6) is 0.842. The summed E-state index contributed by atoms with van der Waals surface area (Å²) in [6.07, 6.45) is 4.81. The molecule has 0 aliphatic heterocycles. The minimum atomic E-state index is -0.450. The molecule has 1 N–H and O–H groups in total. The predicted molar refractivity (Wildman–Crippen MR) is 101 cm³/mol. The predicted octanol–water partition coefficient (Wildman–Crippen LogP) is 2.33. The number of nitrogens with one attached hydrogen (secondary N) is 1. The number of aryl methyl sites for hydroxylation is 2. The summed E-state index contributed by atoms with van der Waals surface area (Å²) >= 11 is 1.59. The number of benzene rings is 1. The lowest BCUT2D eigenvalue weighted by Crippen LogP contribution is -2.29. The van der Waals surface area contributed by atoms with Gasteiger partial charge in [-0.3, -0.25) is 14.3 Å². The van der Waals surface area contributed by atoms with Gasteiger partial charge in [-0.15, -0.1) is 0 Å². The molecule has 0 aliphatic carbocycles. The normalized spacial score (nSPS) is 11.6. The van der Waals surface area contributed by atoms with Crippen LogP contribution in [-0.2, 0) is 20.0 Å². The molecule has 130 valence electrons. The van der Waals surface area contributed by atoms with E-state index in [1.807, 2.05) is 41.8 Å². The van der Waals surface area contributed by atoms with Gasteiger partial charge in [0.25, 0.3) is 5.56 Å². The van der Waals surface area contributed by atoms with E-state index in [0.717, 1.165) is 17.3 Å². The SMILES string of the molecule is CC=CCn1c(SCCc2ccccc2)nc2c1c(=O)[nH]c(=O)n2C. The number of H-pyrrole nitrogens is 1. The van der Waals surface area contributed by atoms with E-state index < -0.39 is 11.2 Å². The molecule has 0 fully saturated rings. The number of fused-ring (bicyclic) bond motifs is 1. The number of hydrogen-bond acceptors (Lipinski definition) is 4. The van der Waals surface area contributed by atoms with Crippen molar-refractivity contribution in [2.24, 2.45) is 7.05 Å². The Hall–Kier alpha value is -2.54. The first-order valence-corrected chi connectivity index (χ1v) is 9.07. The molecule has 1 aromatic carbocycles. The van der Waals surface area contributed by atoms with E-state index in [0.29, 0.717) is 17.7 Å². The highest BCUT2D eigenvalue weighted by Gasteiger charge is 2.16. The zero-order valence-electron chi connectivity index (χ0n) is 14.2. The maximum atomic E-state index is 12.3. The lowest BCUT2D eigenvalue weighted by atomic mass is 10.2. The Bertz CT molecular complexity index is 1020. The lowest BCUT2D eigenvalue weighted by Gasteiger charge is -2.06. The molecule has 0 unspecified atom stereocenters. The molecule has 0 radical (unpaired) electrons. The lowest BCUT2D eigenvalue weighted by molar-refractivity contribution is 0.743. The van der Waals surface area contributed by atoms with Gasteiger partial charge in [0.2, 0.25) is 0 Å². The summed E-state index contributed by atoms with van der Waals surface area (Å²) in [5, 5.41) is 0.746. The number of rotatable bonds is 6. The van der Waals surface area contributed by atoms with E-state index in [4.69, 9.17) is 0 Å². The van der Waals surface area contributed by atoms with Crippen LogP contribution in [0.15, 0.2) is 57.2 Å². The van der Waals surface area contributed by atoms with Gasteiger partial charge in [-0.25, -0.2) is 9.78 Å². The first-order chi connectivity index (χ1) is 12.1. The summed E-state index contributed by atoms with van der Waals surface area (Å²) in [4.78, 5) is 31.0. The Morgan fingerprint density at radius 3 is 2.72 bits per heavy atom. The van der Waals surface area contributed by atoms with Crippen LogP contribution in [0.25, 0.3) is 11.2 Å². The molecule has 0 bridgehead atoms. The zero-order chi connectivity index (χ0) is 17.8. The number of imidazole rings is 1. The van der Waals surface area contributed by atoms with Crippen molar-refractivity contribution in [2.45, 2.75) is 25.0 Å². The molecule has 3 rings (SSSR count).